The molecule has 0 aromatic carbocycles. The van der Waals surface area contributed by atoms with Gasteiger partial charge in [-0.05, 0) is 48.1 Å². The summed E-state index contributed by atoms with van der Waals surface area (Å²) in [5.74, 6) is 0.709. The SMILES string of the molecule is Cc1ccc(Cn2nc(C)c(I)c2N)nc1. The topological polar surface area (TPSA) is 56.7 Å². The Kier molecular flexibility index (Phi) is 3.13. The Morgan fingerprint density at radius 2 is 2.12 bits per heavy atom. The van der Waals surface area contributed by atoms with E-state index in [1.54, 1.807) is 4.68 Å². The molecule has 5 heteroatoms. The summed E-state index contributed by atoms with van der Waals surface area (Å²) in [5, 5.41) is 4.37. The third-order valence-electron chi connectivity index (χ3n) is 2.38. The smallest absolute Gasteiger partial charge is 0.135 e. The summed E-state index contributed by atoms with van der Waals surface area (Å²) in [6.45, 7) is 4.60. The Bertz CT molecular complexity index is 501. The van der Waals surface area contributed by atoms with Crippen molar-refractivity contribution in [2.75, 3.05) is 5.73 Å². The van der Waals surface area contributed by atoms with Crippen molar-refractivity contribution in [3.63, 3.8) is 0 Å². The van der Waals surface area contributed by atoms with E-state index in [-0.39, 0.29) is 0 Å². The van der Waals surface area contributed by atoms with Gasteiger partial charge in [0.05, 0.1) is 21.5 Å². The van der Waals surface area contributed by atoms with Gasteiger partial charge in [0.25, 0.3) is 0 Å². The number of nitrogens with zero attached hydrogens (tertiary/aromatic N) is 3. The molecule has 0 saturated carbocycles. The molecule has 2 aromatic heterocycles. The zero-order valence-corrected chi connectivity index (χ0v) is 11.4. The van der Waals surface area contributed by atoms with E-state index in [1.807, 2.05) is 32.2 Å². The van der Waals surface area contributed by atoms with E-state index in [0.29, 0.717) is 12.4 Å². The van der Waals surface area contributed by atoms with Crippen LogP contribution in [0.3, 0.4) is 0 Å². The lowest BCUT2D eigenvalue weighted by atomic mass is 10.3. The van der Waals surface area contributed by atoms with Gasteiger partial charge in [0.15, 0.2) is 0 Å². The van der Waals surface area contributed by atoms with E-state index >= 15 is 0 Å². The molecule has 0 aliphatic rings. The first-order chi connectivity index (χ1) is 7.58. The second kappa shape index (κ2) is 4.40. The number of aromatic nitrogens is 3. The molecule has 84 valence electrons. The van der Waals surface area contributed by atoms with Gasteiger partial charge in [0.2, 0.25) is 0 Å². The third-order valence-corrected chi connectivity index (χ3v) is 3.71. The average Bonchev–Trinajstić information content (AvgIpc) is 2.50. The van der Waals surface area contributed by atoms with Crippen LogP contribution in [-0.2, 0) is 6.54 Å². The summed E-state index contributed by atoms with van der Waals surface area (Å²) in [5.41, 5.74) is 9.03. The number of hydrogen-bond donors (Lipinski definition) is 1. The number of rotatable bonds is 2. The van der Waals surface area contributed by atoms with Crippen LogP contribution in [0, 0.1) is 17.4 Å². The van der Waals surface area contributed by atoms with Crippen LogP contribution in [0.1, 0.15) is 17.0 Å². The van der Waals surface area contributed by atoms with Gasteiger partial charge >= 0.3 is 0 Å². The lowest BCUT2D eigenvalue weighted by molar-refractivity contribution is 0.675. The van der Waals surface area contributed by atoms with Gasteiger partial charge in [0, 0.05) is 6.20 Å². The van der Waals surface area contributed by atoms with Crippen LogP contribution in [0.15, 0.2) is 18.3 Å². The normalized spacial score (nSPS) is 10.7. The molecule has 2 aromatic rings. The lowest BCUT2D eigenvalue weighted by Crippen LogP contribution is -2.07. The summed E-state index contributed by atoms with van der Waals surface area (Å²) in [6, 6.07) is 4.04. The maximum Gasteiger partial charge on any atom is 0.135 e. The highest BCUT2D eigenvalue weighted by Gasteiger charge is 2.09. The van der Waals surface area contributed by atoms with Gasteiger partial charge in [0.1, 0.15) is 5.82 Å². The van der Waals surface area contributed by atoms with Crippen molar-refractivity contribution in [1.29, 1.82) is 0 Å². The maximum atomic E-state index is 5.95. The largest absolute Gasteiger partial charge is 0.383 e. The summed E-state index contributed by atoms with van der Waals surface area (Å²) in [7, 11) is 0. The first-order valence-corrected chi connectivity index (χ1v) is 6.05. The van der Waals surface area contributed by atoms with Gasteiger partial charge in [-0.15, -0.1) is 0 Å². The molecule has 0 fully saturated rings. The Balaban J connectivity index is 2.27. The molecule has 0 aliphatic carbocycles. The van der Waals surface area contributed by atoms with Crippen LogP contribution >= 0.6 is 22.6 Å². The molecule has 0 aliphatic heterocycles. The lowest BCUT2D eigenvalue weighted by Gasteiger charge is -2.03. The Hall–Kier alpha value is -1.11. The van der Waals surface area contributed by atoms with E-state index in [9.17, 15) is 0 Å². The van der Waals surface area contributed by atoms with E-state index in [1.165, 1.54) is 0 Å². The zero-order chi connectivity index (χ0) is 11.7. The predicted octanol–water partition coefficient (Wildman–Crippen LogP) is 2.13. The molecule has 4 nitrogen and oxygen atoms in total. The van der Waals surface area contributed by atoms with Crippen LogP contribution in [-0.4, -0.2) is 14.8 Å². The summed E-state index contributed by atoms with van der Waals surface area (Å²) < 4.78 is 2.80. The van der Waals surface area contributed by atoms with Gasteiger partial charge < -0.3 is 5.73 Å². The first-order valence-electron chi connectivity index (χ1n) is 4.98. The highest BCUT2D eigenvalue weighted by Crippen LogP contribution is 2.18. The molecule has 0 amide bonds. The van der Waals surface area contributed by atoms with Crippen molar-refractivity contribution in [3.05, 3.63) is 38.9 Å². The van der Waals surface area contributed by atoms with Gasteiger partial charge in [-0.25, -0.2) is 4.68 Å². The molecule has 2 N–H and O–H groups in total. The van der Waals surface area contributed by atoms with Crippen molar-refractivity contribution in [1.82, 2.24) is 14.8 Å². The van der Waals surface area contributed by atoms with Crippen molar-refractivity contribution in [2.24, 2.45) is 0 Å². The van der Waals surface area contributed by atoms with E-state index < -0.39 is 0 Å². The number of nitrogens with two attached hydrogens (primary N) is 1. The van der Waals surface area contributed by atoms with Crippen molar-refractivity contribution >= 4 is 28.4 Å². The number of nitrogen functional groups attached to an aromatic ring is 1. The molecule has 16 heavy (non-hydrogen) atoms. The molecular formula is C11H13IN4. The fourth-order valence-electron chi connectivity index (χ4n) is 1.44. The van der Waals surface area contributed by atoms with Crippen molar-refractivity contribution < 1.29 is 0 Å². The second-order valence-corrected chi connectivity index (χ2v) is 4.85. The minimum atomic E-state index is 0.621. The molecular weight excluding hydrogens is 315 g/mol. The Morgan fingerprint density at radius 3 is 2.62 bits per heavy atom. The number of hydrogen-bond acceptors (Lipinski definition) is 3. The Labute approximate surface area is 108 Å². The predicted molar refractivity (Wildman–Crippen MR) is 72.2 cm³/mol. The highest BCUT2D eigenvalue weighted by molar-refractivity contribution is 14.1. The summed E-state index contributed by atoms with van der Waals surface area (Å²) >= 11 is 2.21. The molecule has 0 atom stereocenters. The average molecular weight is 328 g/mol. The van der Waals surface area contributed by atoms with Gasteiger partial charge in [-0.3, -0.25) is 4.98 Å². The highest BCUT2D eigenvalue weighted by atomic mass is 127. The number of aryl methyl sites for hydroxylation is 2. The van der Waals surface area contributed by atoms with Gasteiger partial charge in [-0.2, -0.15) is 5.10 Å². The molecule has 2 rings (SSSR count). The molecule has 0 spiro atoms. The van der Waals surface area contributed by atoms with Crippen LogP contribution in [0.5, 0.6) is 0 Å². The fourth-order valence-corrected chi connectivity index (χ4v) is 1.83. The third kappa shape index (κ3) is 2.18. The Morgan fingerprint density at radius 1 is 1.38 bits per heavy atom. The molecule has 0 bridgehead atoms. The summed E-state index contributed by atoms with van der Waals surface area (Å²) in [6.07, 6.45) is 1.85. The molecule has 2 heterocycles. The zero-order valence-electron chi connectivity index (χ0n) is 9.24. The molecule has 0 unspecified atom stereocenters. The van der Waals surface area contributed by atoms with Crippen LogP contribution in [0.4, 0.5) is 5.82 Å². The van der Waals surface area contributed by atoms with Crippen LogP contribution < -0.4 is 5.73 Å². The number of halogens is 1. The fraction of sp³-hybridized carbons (Fsp3) is 0.273. The number of pyridine rings is 1. The van der Waals surface area contributed by atoms with E-state index in [0.717, 1.165) is 20.5 Å². The molecule has 0 saturated heterocycles. The first kappa shape index (κ1) is 11.4. The minimum absolute atomic E-state index is 0.621. The van der Waals surface area contributed by atoms with Crippen molar-refractivity contribution in [2.45, 2.75) is 20.4 Å². The molecule has 0 radical (unpaired) electrons. The van der Waals surface area contributed by atoms with Crippen molar-refractivity contribution in [3.8, 4) is 0 Å². The monoisotopic (exact) mass is 328 g/mol. The van der Waals surface area contributed by atoms with Crippen LogP contribution in [0.2, 0.25) is 0 Å². The maximum absolute atomic E-state index is 5.95. The van der Waals surface area contributed by atoms with E-state index in [4.69, 9.17) is 5.73 Å². The standard InChI is InChI=1S/C11H13IN4/c1-7-3-4-9(14-5-7)6-16-11(13)10(12)8(2)15-16/h3-5H,6,13H2,1-2H3. The van der Waals surface area contributed by atoms with Gasteiger partial charge in [-0.1, -0.05) is 6.07 Å². The summed E-state index contributed by atoms with van der Waals surface area (Å²) in [4.78, 5) is 4.33. The second-order valence-electron chi connectivity index (χ2n) is 3.77. The van der Waals surface area contributed by atoms with Crippen LogP contribution in [0.25, 0.3) is 0 Å². The quantitative estimate of drug-likeness (QED) is 0.860. The minimum Gasteiger partial charge on any atom is -0.383 e. The number of anilines is 1. The van der Waals surface area contributed by atoms with E-state index in [2.05, 4.69) is 32.7 Å².